The fourth-order valence-corrected chi connectivity index (χ4v) is 5.49. The number of benzene rings is 2. The Balaban J connectivity index is 1.56. The van der Waals surface area contributed by atoms with Gasteiger partial charge in [0.25, 0.3) is 0 Å². The number of aryl methyl sites for hydroxylation is 1. The standard InChI is InChI=1S/C29H34ClF3N4O4/c1-19-13-21(15-22(14-19)29(31,32)33)18-41-28(40)36-12-10-26(38)37-24(5-4-11-34(2)3)27(39)35(17-25(36)37)16-20-6-8-23(30)9-7-20/h6-9,13-15,24-25H,4-5,10-12,16-18H2,1-3H3/t24-,25+/m0/s1. The first-order valence-electron chi connectivity index (χ1n) is 13.4. The Hall–Kier alpha value is -3.31. The Bertz CT molecular complexity index is 1270. The summed E-state index contributed by atoms with van der Waals surface area (Å²) in [5.41, 5.74) is 0.632. The quantitative estimate of drug-likeness (QED) is 0.434. The highest BCUT2D eigenvalue weighted by molar-refractivity contribution is 6.30. The molecular formula is C29H34ClF3N4O4. The summed E-state index contributed by atoms with van der Waals surface area (Å²) in [6.07, 6.45) is -4.95. The molecule has 2 fully saturated rings. The molecule has 0 spiro atoms. The van der Waals surface area contributed by atoms with E-state index < -0.39 is 30.0 Å². The topological polar surface area (TPSA) is 73.4 Å². The number of ether oxygens (including phenoxy) is 1. The summed E-state index contributed by atoms with van der Waals surface area (Å²) in [5.74, 6) is -0.417. The van der Waals surface area contributed by atoms with Crippen LogP contribution in [0.4, 0.5) is 18.0 Å². The van der Waals surface area contributed by atoms with Crippen molar-refractivity contribution in [3.8, 4) is 0 Å². The smallest absolute Gasteiger partial charge is 0.416 e. The van der Waals surface area contributed by atoms with Crippen molar-refractivity contribution in [3.05, 3.63) is 69.7 Å². The van der Waals surface area contributed by atoms with Gasteiger partial charge in [-0.3, -0.25) is 14.5 Å². The lowest BCUT2D eigenvalue weighted by Crippen LogP contribution is -2.71. The molecule has 0 radical (unpaired) electrons. The lowest BCUT2D eigenvalue weighted by molar-refractivity contribution is -0.169. The highest BCUT2D eigenvalue weighted by atomic mass is 35.5. The van der Waals surface area contributed by atoms with E-state index >= 15 is 0 Å². The summed E-state index contributed by atoms with van der Waals surface area (Å²) >= 11 is 6.02. The van der Waals surface area contributed by atoms with Crippen LogP contribution in [-0.2, 0) is 33.7 Å². The van der Waals surface area contributed by atoms with Crippen molar-refractivity contribution >= 4 is 29.5 Å². The number of fused-ring (bicyclic) bond motifs is 1. The second kappa shape index (κ2) is 12.7. The van der Waals surface area contributed by atoms with E-state index in [4.69, 9.17) is 16.3 Å². The summed E-state index contributed by atoms with van der Waals surface area (Å²) in [5, 5.41) is 0.564. The minimum Gasteiger partial charge on any atom is -0.444 e. The van der Waals surface area contributed by atoms with Crippen LogP contribution in [-0.4, -0.2) is 83.4 Å². The molecular weight excluding hydrogens is 561 g/mol. The lowest BCUT2D eigenvalue weighted by Gasteiger charge is -2.52. The minimum absolute atomic E-state index is 0.0168. The van der Waals surface area contributed by atoms with Crippen molar-refractivity contribution in [3.63, 3.8) is 0 Å². The number of halogens is 4. The molecule has 41 heavy (non-hydrogen) atoms. The SMILES string of the molecule is Cc1cc(COC(=O)N2CCC(=O)N3[C@@H]2CN(Cc2ccc(Cl)cc2)C(=O)[C@@H]3CCCN(C)C)cc(C(F)(F)F)c1. The van der Waals surface area contributed by atoms with Crippen LogP contribution in [0.2, 0.25) is 5.02 Å². The number of rotatable bonds is 8. The number of nitrogens with zero attached hydrogens (tertiary/aromatic N) is 4. The van der Waals surface area contributed by atoms with Gasteiger partial charge < -0.3 is 19.4 Å². The number of amides is 3. The predicted octanol–water partition coefficient (Wildman–Crippen LogP) is 4.92. The molecule has 2 aromatic carbocycles. The van der Waals surface area contributed by atoms with Crippen LogP contribution in [0.3, 0.4) is 0 Å². The van der Waals surface area contributed by atoms with Crippen molar-refractivity contribution in [2.24, 2.45) is 0 Å². The van der Waals surface area contributed by atoms with Gasteiger partial charge in [-0.25, -0.2) is 4.79 Å². The minimum atomic E-state index is -4.53. The second-order valence-corrected chi connectivity index (χ2v) is 11.2. The van der Waals surface area contributed by atoms with Crippen molar-refractivity contribution in [1.29, 1.82) is 0 Å². The van der Waals surface area contributed by atoms with Gasteiger partial charge in [0.2, 0.25) is 11.8 Å². The highest BCUT2D eigenvalue weighted by Gasteiger charge is 2.48. The molecule has 0 unspecified atom stereocenters. The molecule has 0 aliphatic carbocycles. The Labute approximate surface area is 242 Å². The number of piperazine rings is 1. The molecule has 0 N–H and O–H groups in total. The Morgan fingerprint density at radius 1 is 1.10 bits per heavy atom. The number of carbonyl (C=O) groups is 3. The van der Waals surface area contributed by atoms with Crippen molar-refractivity contribution in [1.82, 2.24) is 19.6 Å². The molecule has 0 aromatic heterocycles. The van der Waals surface area contributed by atoms with E-state index in [0.29, 0.717) is 23.4 Å². The van der Waals surface area contributed by atoms with Crippen LogP contribution >= 0.6 is 11.6 Å². The summed E-state index contributed by atoms with van der Waals surface area (Å²) in [6.45, 7) is 2.32. The predicted molar refractivity (Wildman–Crippen MR) is 147 cm³/mol. The fourth-order valence-electron chi connectivity index (χ4n) is 5.36. The van der Waals surface area contributed by atoms with Gasteiger partial charge in [-0.15, -0.1) is 0 Å². The maximum atomic E-state index is 13.7. The number of hydrogen-bond donors (Lipinski definition) is 0. The van der Waals surface area contributed by atoms with Crippen molar-refractivity contribution < 1.29 is 32.3 Å². The first kappa shape index (κ1) is 30.6. The molecule has 0 saturated carbocycles. The average molecular weight is 595 g/mol. The van der Waals surface area contributed by atoms with Crippen molar-refractivity contribution in [2.45, 2.75) is 57.7 Å². The maximum absolute atomic E-state index is 13.7. The van der Waals surface area contributed by atoms with Crippen LogP contribution < -0.4 is 0 Å². The van der Waals surface area contributed by atoms with E-state index in [1.54, 1.807) is 24.0 Å². The zero-order valence-corrected chi connectivity index (χ0v) is 24.0. The first-order valence-corrected chi connectivity index (χ1v) is 13.8. The zero-order chi connectivity index (χ0) is 29.9. The molecule has 222 valence electrons. The van der Waals surface area contributed by atoms with Crippen LogP contribution in [0.25, 0.3) is 0 Å². The van der Waals surface area contributed by atoms with Gasteiger partial charge >= 0.3 is 12.3 Å². The monoisotopic (exact) mass is 594 g/mol. The van der Waals surface area contributed by atoms with Gasteiger partial charge in [0, 0.05) is 24.5 Å². The number of carbonyl (C=O) groups excluding carboxylic acids is 3. The van der Waals surface area contributed by atoms with Crippen LogP contribution in [0.1, 0.15) is 41.5 Å². The lowest BCUT2D eigenvalue weighted by atomic mass is 9.99. The van der Waals surface area contributed by atoms with E-state index in [2.05, 4.69) is 0 Å². The van der Waals surface area contributed by atoms with Crippen LogP contribution in [0, 0.1) is 6.92 Å². The molecule has 2 atom stereocenters. The van der Waals surface area contributed by atoms with Gasteiger partial charge in [0.1, 0.15) is 18.8 Å². The average Bonchev–Trinajstić information content (AvgIpc) is 2.89. The third-order valence-electron chi connectivity index (χ3n) is 7.28. The molecule has 2 aliphatic rings. The molecule has 2 aromatic rings. The largest absolute Gasteiger partial charge is 0.444 e. The zero-order valence-electron chi connectivity index (χ0n) is 23.3. The summed E-state index contributed by atoms with van der Waals surface area (Å²) in [6, 6.07) is 9.86. The van der Waals surface area contributed by atoms with Crippen molar-refractivity contribution in [2.75, 3.05) is 33.7 Å². The summed E-state index contributed by atoms with van der Waals surface area (Å²) < 4.78 is 45.3. The molecule has 2 heterocycles. The molecule has 12 heteroatoms. The van der Waals surface area contributed by atoms with E-state index in [1.165, 1.54) is 15.9 Å². The Kier molecular flexibility index (Phi) is 9.48. The van der Waals surface area contributed by atoms with Gasteiger partial charge in [0.05, 0.1) is 12.1 Å². The van der Waals surface area contributed by atoms with Gasteiger partial charge in [-0.05, 0) is 75.8 Å². The molecule has 4 rings (SSSR count). The first-order chi connectivity index (χ1) is 19.3. The van der Waals surface area contributed by atoms with E-state index in [-0.39, 0.29) is 50.0 Å². The second-order valence-electron chi connectivity index (χ2n) is 10.8. The summed E-state index contributed by atoms with van der Waals surface area (Å²) in [7, 11) is 3.85. The van der Waals surface area contributed by atoms with Crippen LogP contribution in [0.15, 0.2) is 42.5 Å². The maximum Gasteiger partial charge on any atom is 0.416 e. The molecule has 8 nitrogen and oxygen atoms in total. The molecule has 3 amide bonds. The Morgan fingerprint density at radius 2 is 1.80 bits per heavy atom. The van der Waals surface area contributed by atoms with E-state index in [0.717, 1.165) is 24.2 Å². The van der Waals surface area contributed by atoms with Gasteiger partial charge in [-0.2, -0.15) is 13.2 Å². The summed E-state index contributed by atoms with van der Waals surface area (Å²) in [4.78, 5) is 46.7. The fraction of sp³-hybridized carbons (Fsp3) is 0.483. The van der Waals surface area contributed by atoms with Gasteiger partial charge in [-0.1, -0.05) is 35.4 Å². The highest BCUT2D eigenvalue weighted by Crippen LogP contribution is 2.32. The Morgan fingerprint density at radius 3 is 2.46 bits per heavy atom. The molecule has 2 aliphatic heterocycles. The molecule has 2 saturated heterocycles. The number of alkyl halides is 3. The third kappa shape index (κ3) is 7.51. The number of hydrogen-bond acceptors (Lipinski definition) is 5. The third-order valence-corrected chi connectivity index (χ3v) is 7.53. The van der Waals surface area contributed by atoms with Crippen LogP contribution in [0.5, 0.6) is 0 Å². The van der Waals surface area contributed by atoms with E-state index in [1.807, 2.05) is 31.1 Å². The molecule has 0 bridgehead atoms. The van der Waals surface area contributed by atoms with E-state index in [9.17, 15) is 27.6 Å². The van der Waals surface area contributed by atoms with Gasteiger partial charge in [0.15, 0.2) is 0 Å². The normalized spacial score (nSPS) is 19.6.